The summed E-state index contributed by atoms with van der Waals surface area (Å²) in [5.74, 6) is 0.133. The van der Waals surface area contributed by atoms with E-state index in [1.165, 1.54) is 0 Å². The van der Waals surface area contributed by atoms with Gasteiger partial charge in [-0.05, 0) is 19.8 Å². The van der Waals surface area contributed by atoms with Crippen molar-refractivity contribution in [2.75, 3.05) is 6.58 Å². The number of rotatable bonds is 2. The summed E-state index contributed by atoms with van der Waals surface area (Å²) in [6.07, 6.45) is 1.41. The first-order chi connectivity index (χ1) is 5.15. The molecule has 1 aliphatic heterocycles. The Morgan fingerprint density at radius 1 is 1.90 bits per heavy atom. The first-order valence-corrected chi connectivity index (χ1v) is 3.73. The first kappa shape index (κ1) is 6.35. The van der Waals surface area contributed by atoms with Gasteiger partial charge < -0.3 is 4.74 Å². The van der Waals surface area contributed by atoms with Crippen molar-refractivity contribution in [3.8, 4) is 0 Å². The fourth-order valence-corrected chi connectivity index (χ4v) is 1.34. The molecule has 1 fully saturated rings. The second-order valence-corrected chi connectivity index (χ2v) is 2.70. The van der Waals surface area contributed by atoms with Crippen molar-refractivity contribution in [2.24, 2.45) is 5.92 Å². The highest BCUT2D eigenvalue weighted by Gasteiger charge is 2.29. The summed E-state index contributed by atoms with van der Waals surface area (Å²) in [5, 5.41) is 0. The maximum absolute atomic E-state index is 11.0. The monoisotopic (exact) mass is 144 g/mol. The summed E-state index contributed by atoms with van der Waals surface area (Å²) in [5.41, 5.74) is 0. The molecule has 1 aliphatic rings. The number of carbonyl (C=O) groups excluding carboxylic acids is 1. The molecule has 2 heteroatoms. The van der Waals surface area contributed by atoms with E-state index in [1.54, 1.807) is 6.92 Å². The fourth-order valence-electron chi connectivity index (χ4n) is 1.34. The molecule has 0 N–H and O–H groups in total. The molecule has 3 atom stereocenters. The minimum Gasteiger partial charge on any atom is -0.377 e. The van der Waals surface area contributed by atoms with Crippen LogP contribution in [0, 0.1) is 5.92 Å². The summed E-state index contributed by atoms with van der Waals surface area (Å²) in [6.45, 7) is 3.08. The molecule has 1 saturated heterocycles. The molecule has 10 heavy (non-hydrogen) atoms. The predicted molar refractivity (Wildman–Crippen MR) is 38.8 cm³/mol. The van der Waals surface area contributed by atoms with Crippen LogP contribution in [0.2, 0.25) is 0 Å². The van der Waals surface area contributed by atoms with E-state index < -0.39 is 6.58 Å². The lowest BCUT2D eigenvalue weighted by Crippen LogP contribution is -2.21. The van der Waals surface area contributed by atoms with Crippen LogP contribution in [0.3, 0.4) is 0 Å². The van der Waals surface area contributed by atoms with Gasteiger partial charge in [0.1, 0.15) is 5.78 Å². The topological polar surface area (TPSA) is 26.3 Å². The first-order valence-electron chi connectivity index (χ1n) is 4.31. The summed E-state index contributed by atoms with van der Waals surface area (Å²) >= 11 is 0. The lowest BCUT2D eigenvalue weighted by Gasteiger charge is -2.12. The molecule has 2 nitrogen and oxygen atoms in total. The molecule has 1 unspecified atom stereocenters. The Balaban J connectivity index is 2.57. The molecule has 0 bridgehead atoms. The largest absolute Gasteiger partial charge is 0.377 e. The van der Waals surface area contributed by atoms with Crippen LogP contribution in [0.25, 0.3) is 0 Å². The third kappa shape index (κ3) is 1.37. The van der Waals surface area contributed by atoms with Crippen LogP contribution in [0.15, 0.2) is 0 Å². The van der Waals surface area contributed by atoms with Gasteiger partial charge in [-0.1, -0.05) is 6.92 Å². The molecule has 0 aromatic carbocycles. The van der Waals surface area contributed by atoms with Gasteiger partial charge in [0.05, 0.1) is 7.47 Å². The SMILES string of the molecule is [3H][C@H]1CC(C(C)=O)[C@@H](CC)O1. The maximum atomic E-state index is 11.0. The minimum absolute atomic E-state index is 0.00463. The summed E-state index contributed by atoms with van der Waals surface area (Å²) in [7, 11) is 0. The van der Waals surface area contributed by atoms with Crippen LogP contribution in [0.5, 0.6) is 0 Å². The van der Waals surface area contributed by atoms with Crippen molar-refractivity contribution in [1.82, 2.24) is 0 Å². The number of hydrogen-bond donors (Lipinski definition) is 0. The Morgan fingerprint density at radius 2 is 2.60 bits per heavy atom. The fraction of sp³-hybridized carbons (Fsp3) is 0.875. The zero-order valence-electron chi connectivity index (χ0n) is 7.46. The molecule has 58 valence electrons. The highest BCUT2D eigenvalue weighted by atomic mass is 16.5. The second-order valence-electron chi connectivity index (χ2n) is 2.70. The van der Waals surface area contributed by atoms with Gasteiger partial charge in [-0.2, -0.15) is 0 Å². The van der Waals surface area contributed by atoms with Crippen molar-refractivity contribution in [2.45, 2.75) is 32.8 Å². The molecule has 0 saturated carbocycles. The molecule has 1 rings (SSSR count). The molecule has 0 radical (unpaired) electrons. The number of hydrogen-bond acceptors (Lipinski definition) is 2. The van der Waals surface area contributed by atoms with Gasteiger partial charge in [-0.15, -0.1) is 0 Å². The predicted octanol–water partition coefficient (Wildman–Crippen LogP) is 1.39. The number of Topliss-reactive ketones (excluding diaryl/α,β-unsaturated/α-hetero) is 1. The van der Waals surface area contributed by atoms with Crippen molar-refractivity contribution in [1.29, 1.82) is 0 Å². The van der Waals surface area contributed by atoms with E-state index in [4.69, 9.17) is 6.11 Å². The van der Waals surface area contributed by atoms with E-state index in [0.29, 0.717) is 6.42 Å². The zero-order valence-corrected chi connectivity index (χ0v) is 6.46. The number of carbonyl (C=O) groups is 1. The minimum atomic E-state index is -0.478. The van der Waals surface area contributed by atoms with E-state index in [9.17, 15) is 4.79 Å². The summed E-state index contributed by atoms with van der Waals surface area (Å²) < 4.78 is 12.5. The molecule has 0 amide bonds. The van der Waals surface area contributed by atoms with Crippen LogP contribution in [0.1, 0.15) is 28.1 Å². The molecular weight excluding hydrogens is 128 g/mol. The summed E-state index contributed by atoms with van der Waals surface area (Å²) in [4.78, 5) is 11.0. The Bertz CT molecular complexity index is 158. The van der Waals surface area contributed by atoms with Gasteiger partial charge in [0.2, 0.25) is 0 Å². The average Bonchev–Trinajstić information content (AvgIpc) is 2.30. The van der Waals surface area contributed by atoms with Gasteiger partial charge in [-0.3, -0.25) is 4.79 Å². The summed E-state index contributed by atoms with van der Waals surface area (Å²) in [6, 6.07) is 0. The lowest BCUT2D eigenvalue weighted by atomic mass is 9.96. The smallest absolute Gasteiger partial charge is 0.135 e. The van der Waals surface area contributed by atoms with Crippen molar-refractivity contribution in [3.63, 3.8) is 0 Å². The van der Waals surface area contributed by atoms with Crippen LogP contribution >= 0.6 is 0 Å². The number of ether oxygens (including phenoxy) is 1. The van der Waals surface area contributed by atoms with Crippen LogP contribution in [-0.4, -0.2) is 18.5 Å². The van der Waals surface area contributed by atoms with E-state index in [0.717, 1.165) is 6.42 Å². The van der Waals surface area contributed by atoms with E-state index in [-0.39, 0.29) is 17.8 Å². The highest BCUT2D eigenvalue weighted by molar-refractivity contribution is 5.79. The third-order valence-corrected chi connectivity index (χ3v) is 1.99. The van der Waals surface area contributed by atoms with Gasteiger partial charge in [-0.25, -0.2) is 0 Å². The van der Waals surface area contributed by atoms with Crippen LogP contribution in [-0.2, 0) is 9.53 Å². The maximum Gasteiger partial charge on any atom is 0.135 e. The standard InChI is InChI=1S/C8H14O2/c1-3-8-7(6(2)9)4-5-10-8/h7-8H,3-5H2,1-2H3/t7?,8-/m1/s1/i5T/t5-,7?,8+/m0. The molecule has 1 heterocycles. The second kappa shape index (κ2) is 3.15. The third-order valence-electron chi connectivity index (χ3n) is 1.99. The average molecular weight is 144 g/mol. The van der Waals surface area contributed by atoms with Crippen molar-refractivity contribution < 1.29 is 10.9 Å². The quantitative estimate of drug-likeness (QED) is 0.585. The van der Waals surface area contributed by atoms with Gasteiger partial charge in [0.25, 0.3) is 0 Å². The van der Waals surface area contributed by atoms with E-state index in [1.807, 2.05) is 6.92 Å². The molecule has 0 spiro atoms. The molecule has 0 aliphatic carbocycles. The van der Waals surface area contributed by atoms with Gasteiger partial charge in [0, 0.05) is 12.5 Å². The molecule has 0 aromatic rings. The lowest BCUT2D eigenvalue weighted by molar-refractivity contribution is -0.122. The molecule has 0 aromatic heterocycles. The van der Waals surface area contributed by atoms with E-state index in [2.05, 4.69) is 0 Å². The highest BCUT2D eigenvalue weighted by Crippen LogP contribution is 2.23. The van der Waals surface area contributed by atoms with E-state index >= 15 is 0 Å². The van der Waals surface area contributed by atoms with Crippen molar-refractivity contribution >= 4 is 5.78 Å². The van der Waals surface area contributed by atoms with Crippen molar-refractivity contribution in [3.05, 3.63) is 0 Å². The zero-order chi connectivity index (χ0) is 8.43. The van der Waals surface area contributed by atoms with Crippen LogP contribution in [0.4, 0.5) is 0 Å². The Morgan fingerprint density at radius 3 is 3.00 bits per heavy atom. The van der Waals surface area contributed by atoms with Gasteiger partial charge in [0.15, 0.2) is 0 Å². The molecular formula is C8H14O2. The Labute approximate surface area is 63.0 Å². The Hall–Kier alpha value is -0.370. The normalized spacial score (nSPS) is 41.4. The van der Waals surface area contributed by atoms with Crippen LogP contribution < -0.4 is 0 Å². The Kier molecular flexibility index (Phi) is 2.00. The van der Waals surface area contributed by atoms with Gasteiger partial charge >= 0.3 is 0 Å². The number of ketones is 1.